The van der Waals surface area contributed by atoms with Crippen molar-refractivity contribution in [3.8, 4) is 0 Å². The van der Waals surface area contributed by atoms with E-state index in [4.69, 9.17) is 0 Å². The van der Waals surface area contributed by atoms with Gasteiger partial charge in [0.05, 0.1) is 12.4 Å². The summed E-state index contributed by atoms with van der Waals surface area (Å²) < 4.78 is 7.99. The number of rotatable bonds is 0. The van der Waals surface area contributed by atoms with Crippen LogP contribution in [-0.2, 0) is 0 Å². The zero-order valence-electron chi connectivity index (χ0n) is 5.04. The van der Waals surface area contributed by atoms with Gasteiger partial charge in [-0.1, -0.05) is 4.49 Å². The highest BCUT2D eigenvalue weighted by Gasteiger charge is 1.61. The lowest BCUT2D eigenvalue weighted by molar-refractivity contribution is 0.558. The van der Waals surface area contributed by atoms with Crippen molar-refractivity contribution in [1.82, 2.24) is 14.6 Å². The maximum atomic E-state index is 4.47. The van der Waals surface area contributed by atoms with Crippen LogP contribution in [0.3, 0.4) is 0 Å². The molecule has 0 aliphatic rings. The van der Waals surface area contributed by atoms with Crippen LogP contribution in [0, 0.1) is 0 Å². The average Bonchev–Trinajstić information content (AvgIpc) is 2.67. The highest BCUT2D eigenvalue weighted by Crippen LogP contribution is 1.78. The van der Waals surface area contributed by atoms with E-state index in [2.05, 4.69) is 19.0 Å². The topological polar surface area (TPSA) is 51.8 Å². The quantitative estimate of drug-likeness (QED) is 0.573. The molecule has 0 bridgehead atoms. The van der Waals surface area contributed by atoms with Crippen molar-refractivity contribution < 1.29 is 4.42 Å². The van der Waals surface area contributed by atoms with Crippen LogP contribution in [0.4, 0.5) is 0 Å². The summed E-state index contributed by atoms with van der Waals surface area (Å²) in [5, 5.41) is 5.31. The van der Waals surface area contributed by atoms with Gasteiger partial charge < -0.3 is 4.42 Å². The fourth-order valence-corrected chi connectivity index (χ4v) is 0.584. The van der Waals surface area contributed by atoms with Crippen LogP contribution >= 0.6 is 11.5 Å². The number of hydrogen-bond donors (Lipinski definition) is 0. The van der Waals surface area contributed by atoms with E-state index >= 15 is 0 Å². The predicted molar refractivity (Wildman–Crippen MR) is 36.4 cm³/mol. The molecule has 0 spiro atoms. The van der Waals surface area contributed by atoms with E-state index in [1.807, 2.05) is 5.38 Å². The summed E-state index contributed by atoms with van der Waals surface area (Å²) >= 11 is 1.35. The third kappa shape index (κ3) is 2.93. The summed E-state index contributed by atoms with van der Waals surface area (Å²) in [5.74, 6) is 0. The zero-order chi connectivity index (χ0) is 7.07. The van der Waals surface area contributed by atoms with Gasteiger partial charge in [0.25, 0.3) is 0 Å². The molecule has 2 heterocycles. The molecule has 52 valence electrons. The first-order valence-electron chi connectivity index (χ1n) is 2.53. The molecular formula is C5H5N3OS. The lowest BCUT2D eigenvalue weighted by Crippen LogP contribution is -1.51. The van der Waals surface area contributed by atoms with Gasteiger partial charge in [0, 0.05) is 5.38 Å². The zero-order valence-corrected chi connectivity index (χ0v) is 5.86. The molecule has 0 radical (unpaired) electrons. The molecule has 0 aliphatic carbocycles. The molecule has 2 rings (SSSR count). The summed E-state index contributed by atoms with van der Waals surface area (Å²) in [5.41, 5.74) is 0. The molecule has 2 aromatic rings. The minimum absolute atomic E-state index is 1.35. The van der Waals surface area contributed by atoms with Crippen molar-refractivity contribution in [3.63, 3.8) is 0 Å². The minimum atomic E-state index is 1.35. The Bertz CT molecular complexity index is 156. The second kappa shape index (κ2) is 4.63. The van der Waals surface area contributed by atoms with Crippen LogP contribution in [0.5, 0.6) is 0 Å². The Kier molecular flexibility index (Phi) is 3.19. The second-order valence-corrected chi connectivity index (χ2v) is 1.91. The van der Waals surface area contributed by atoms with Crippen LogP contribution in [0.1, 0.15) is 0 Å². The Hall–Kier alpha value is -1.23. The van der Waals surface area contributed by atoms with Gasteiger partial charge in [0.2, 0.25) is 0 Å². The molecule has 0 unspecified atom stereocenters. The van der Waals surface area contributed by atoms with Crippen molar-refractivity contribution in [2.45, 2.75) is 0 Å². The van der Waals surface area contributed by atoms with E-state index in [0.29, 0.717) is 0 Å². The molecule has 0 fully saturated rings. The molecule has 0 saturated heterocycles. The summed E-state index contributed by atoms with van der Waals surface area (Å²) in [6.07, 6.45) is 6.13. The molecule has 0 saturated carbocycles. The van der Waals surface area contributed by atoms with Crippen LogP contribution in [-0.4, -0.2) is 14.6 Å². The molecule has 0 atom stereocenters. The summed E-state index contributed by atoms with van der Waals surface area (Å²) in [7, 11) is 0. The van der Waals surface area contributed by atoms with Gasteiger partial charge in [-0.3, -0.25) is 0 Å². The first-order chi connectivity index (χ1) is 5.00. The summed E-state index contributed by atoms with van der Waals surface area (Å²) in [4.78, 5) is 3.56. The molecule has 4 nitrogen and oxygen atoms in total. The number of oxazole rings is 1. The third-order valence-electron chi connectivity index (χ3n) is 0.630. The minimum Gasteiger partial charge on any atom is -0.452 e. The van der Waals surface area contributed by atoms with Crippen LogP contribution in [0.15, 0.2) is 34.8 Å². The van der Waals surface area contributed by atoms with Crippen molar-refractivity contribution >= 4 is 11.5 Å². The van der Waals surface area contributed by atoms with Crippen molar-refractivity contribution in [2.24, 2.45) is 0 Å². The van der Waals surface area contributed by atoms with Gasteiger partial charge in [-0.25, -0.2) is 4.98 Å². The molecule has 5 heteroatoms. The molecular weight excluding hydrogens is 150 g/mol. The standard InChI is InChI=1S/C3H3NO.C2H2N2S/c1-2-5-3-4-1;1-2-5-4-3-1/h1-3H;1-2H. The van der Waals surface area contributed by atoms with Gasteiger partial charge in [-0.2, -0.15) is 0 Å². The smallest absolute Gasteiger partial charge is 0.180 e. The van der Waals surface area contributed by atoms with Gasteiger partial charge >= 0.3 is 0 Å². The fourth-order valence-electron chi connectivity index (χ4n) is 0.312. The molecule has 0 aromatic carbocycles. The van der Waals surface area contributed by atoms with Gasteiger partial charge in [-0.05, 0) is 11.5 Å². The van der Waals surface area contributed by atoms with Crippen LogP contribution in [0.2, 0.25) is 0 Å². The lowest BCUT2D eigenvalue weighted by atomic mass is 11.0. The highest BCUT2D eigenvalue weighted by molar-refractivity contribution is 7.03. The van der Waals surface area contributed by atoms with E-state index in [9.17, 15) is 0 Å². The van der Waals surface area contributed by atoms with Crippen LogP contribution in [0.25, 0.3) is 0 Å². The van der Waals surface area contributed by atoms with Crippen molar-refractivity contribution in [1.29, 1.82) is 0 Å². The van der Waals surface area contributed by atoms with E-state index in [1.54, 1.807) is 12.4 Å². The SMILES string of the molecule is c1cocn1.c1csnn1. The normalized spacial score (nSPS) is 8.00. The summed E-state index contributed by atoms with van der Waals surface area (Å²) in [6, 6.07) is 0. The van der Waals surface area contributed by atoms with Crippen molar-refractivity contribution in [3.05, 3.63) is 30.4 Å². The largest absolute Gasteiger partial charge is 0.452 e. The maximum absolute atomic E-state index is 4.47. The molecule has 0 aliphatic heterocycles. The van der Waals surface area contributed by atoms with E-state index in [1.165, 1.54) is 24.2 Å². The first kappa shape index (κ1) is 6.88. The van der Waals surface area contributed by atoms with E-state index < -0.39 is 0 Å². The fraction of sp³-hybridized carbons (Fsp3) is 0. The maximum Gasteiger partial charge on any atom is 0.180 e. The summed E-state index contributed by atoms with van der Waals surface area (Å²) in [6.45, 7) is 0. The highest BCUT2D eigenvalue weighted by atomic mass is 32.1. The average molecular weight is 155 g/mol. The molecule has 0 N–H and O–H groups in total. The Morgan fingerprint density at radius 2 is 2.30 bits per heavy atom. The Balaban J connectivity index is 0.0000001000. The van der Waals surface area contributed by atoms with Gasteiger partial charge in [-0.15, -0.1) is 5.10 Å². The number of aromatic nitrogens is 3. The lowest BCUT2D eigenvalue weighted by Gasteiger charge is -1.47. The number of hydrogen-bond acceptors (Lipinski definition) is 5. The molecule has 0 amide bonds. The van der Waals surface area contributed by atoms with E-state index in [0.717, 1.165) is 0 Å². The van der Waals surface area contributed by atoms with Gasteiger partial charge in [0.15, 0.2) is 6.39 Å². The Morgan fingerprint density at radius 3 is 2.50 bits per heavy atom. The van der Waals surface area contributed by atoms with Crippen molar-refractivity contribution in [2.75, 3.05) is 0 Å². The molecule has 10 heavy (non-hydrogen) atoms. The van der Waals surface area contributed by atoms with Gasteiger partial charge in [0.1, 0.15) is 6.26 Å². The Morgan fingerprint density at radius 1 is 1.30 bits per heavy atom. The number of nitrogens with zero attached hydrogens (tertiary/aromatic N) is 3. The first-order valence-corrected chi connectivity index (χ1v) is 3.37. The van der Waals surface area contributed by atoms with Crippen LogP contribution < -0.4 is 0 Å². The predicted octanol–water partition coefficient (Wildman–Crippen LogP) is 1.21. The second-order valence-electron chi connectivity index (χ2n) is 1.26. The Labute approximate surface area is 61.7 Å². The third-order valence-corrected chi connectivity index (χ3v) is 1.06. The molecule has 2 aromatic heterocycles. The monoisotopic (exact) mass is 155 g/mol. The van der Waals surface area contributed by atoms with E-state index in [-0.39, 0.29) is 0 Å².